The van der Waals surface area contributed by atoms with E-state index in [4.69, 9.17) is 10.5 Å². The van der Waals surface area contributed by atoms with Gasteiger partial charge in [-0.1, -0.05) is 6.42 Å². The molecule has 1 aliphatic carbocycles. The lowest BCUT2D eigenvalue weighted by atomic mass is 10.0. The number of amides is 1. The van der Waals surface area contributed by atoms with E-state index in [-0.39, 0.29) is 6.09 Å². The lowest BCUT2D eigenvalue weighted by Gasteiger charge is -2.27. The summed E-state index contributed by atoms with van der Waals surface area (Å²) in [4.78, 5) is 13.7. The molecule has 1 saturated carbocycles. The van der Waals surface area contributed by atoms with E-state index in [0.717, 1.165) is 13.1 Å². The van der Waals surface area contributed by atoms with Crippen LogP contribution in [0.1, 0.15) is 47.0 Å². The predicted octanol–water partition coefficient (Wildman–Crippen LogP) is 1.96. The molecule has 0 aromatic heterocycles. The fourth-order valence-corrected chi connectivity index (χ4v) is 2.68. The normalized spacial score (nSPS) is 22.9. The summed E-state index contributed by atoms with van der Waals surface area (Å²) in [7, 11) is 0. The molecule has 20 heavy (non-hydrogen) atoms. The Hall–Kier alpha value is -0.810. The maximum atomic E-state index is 12.0. The Kier molecular flexibility index (Phi) is 6.76. The second-order valence-electron chi connectivity index (χ2n) is 6.55. The van der Waals surface area contributed by atoms with Crippen LogP contribution in [0, 0.1) is 5.92 Å². The van der Waals surface area contributed by atoms with Gasteiger partial charge in [-0.05, 0) is 53.0 Å². The minimum absolute atomic E-state index is 0.233. The first kappa shape index (κ1) is 17.2. The van der Waals surface area contributed by atoms with E-state index in [1.807, 2.05) is 27.7 Å². The topological polar surface area (TPSA) is 67.6 Å². The van der Waals surface area contributed by atoms with Gasteiger partial charge in [-0.3, -0.25) is 0 Å². The molecule has 1 aliphatic rings. The molecule has 0 heterocycles. The van der Waals surface area contributed by atoms with Crippen molar-refractivity contribution >= 4 is 6.09 Å². The van der Waals surface area contributed by atoms with Crippen molar-refractivity contribution in [1.29, 1.82) is 0 Å². The monoisotopic (exact) mass is 285 g/mol. The van der Waals surface area contributed by atoms with E-state index in [1.54, 1.807) is 4.90 Å². The fraction of sp³-hybridized carbons (Fsp3) is 0.933. The van der Waals surface area contributed by atoms with Gasteiger partial charge in [-0.25, -0.2) is 4.79 Å². The van der Waals surface area contributed by atoms with Crippen LogP contribution in [-0.2, 0) is 4.74 Å². The zero-order valence-electron chi connectivity index (χ0n) is 13.4. The Morgan fingerprint density at radius 1 is 1.40 bits per heavy atom. The number of nitrogens with one attached hydrogen (secondary N) is 1. The first-order valence-corrected chi connectivity index (χ1v) is 7.78. The Balaban J connectivity index is 2.32. The summed E-state index contributed by atoms with van der Waals surface area (Å²) in [5.74, 6) is 0.589. The molecule has 0 saturated heterocycles. The summed E-state index contributed by atoms with van der Waals surface area (Å²) in [6.45, 7) is 10.5. The highest BCUT2D eigenvalue weighted by Crippen LogP contribution is 2.24. The van der Waals surface area contributed by atoms with Gasteiger partial charge in [-0.15, -0.1) is 0 Å². The van der Waals surface area contributed by atoms with Crippen LogP contribution in [0.4, 0.5) is 4.79 Å². The van der Waals surface area contributed by atoms with Crippen LogP contribution in [0.5, 0.6) is 0 Å². The minimum atomic E-state index is -0.436. The molecular weight excluding hydrogens is 254 g/mol. The van der Waals surface area contributed by atoms with E-state index < -0.39 is 5.60 Å². The SMILES string of the molecule is CCN(CCNC1CCCC1CN)C(=O)OC(C)(C)C. The molecular formula is C15H31N3O2. The third-order valence-electron chi connectivity index (χ3n) is 3.78. The van der Waals surface area contributed by atoms with E-state index in [1.165, 1.54) is 19.3 Å². The van der Waals surface area contributed by atoms with Crippen molar-refractivity contribution in [3.63, 3.8) is 0 Å². The van der Waals surface area contributed by atoms with Crippen LogP contribution >= 0.6 is 0 Å². The highest BCUT2D eigenvalue weighted by molar-refractivity contribution is 5.68. The van der Waals surface area contributed by atoms with Crippen molar-refractivity contribution in [2.75, 3.05) is 26.2 Å². The average Bonchev–Trinajstić information content (AvgIpc) is 2.79. The van der Waals surface area contributed by atoms with Crippen molar-refractivity contribution in [1.82, 2.24) is 10.2 Å². The number of nitrogens with two attached hydrogens (primary N) is 1. The molecule has 0 aliphatic heterocycles. The van der Waals surface area contributed by atoms with Crippen LogP contribution in [0.2, 0.25) is 0 Å². The van der Waals surface area contributed by atoms with Gasteiger partial charge in [-0.2, -0.15) is 0 Å². The number of nitrogens with zero attached hydrogens (tertiary/aromatic N) is 1. The summed E-state index contributed by atoms with van der Waals surface area (Å²) in [5.41, 5.74) is 5.34. The smallest absolute Gasteiger partial charge is 0.410 e. The second-order valence-corrected chi connectivity index (χ2v) is 6.55. The van der Waals surface area contributed by atoms with Crippen molar-refractivity contribution in [2.45, 2.75) is 58.6 Å². The first-order chi connectivity index (χ1) is 9.37. The summed E-state index contributed by atoms with van der Waals surface area (Å²) < 4.78 is 5.39. The number of carbonyl (C=O) groups is 1. The lowest BCUT2D eigenvalue weighted by molar-refractivity contribution is 0.0260. The predicted molar refractivity (Wildman–Crippen MR) is 81.7 cm³/mol. The van der Waals surface area contributed by atoms with Gasteiger partial charge in [0, 0.05) is 25.7 Å². The van der Waals surface area contributed by atoms with Crippen molar-refractivity contribution < 1.29 is 9.53 Å². The minimum Gasteiger partial charge on any atom is -0.444 e. The van der Waals surface area contributed by atoms with Gasteiger partial charge in [0.15, 0.2) is 0 Å². The van der Waals surface area contributed by atoms with Gasteiger partial charge >= 0.3 is 6.09 Å². The molecule has 0 bridgehead atoms. The Morgan fingerprint density at radius 2 is 2.10 bits per heavy atom. The number of hydrogen-bond acceptors (Lipinski definition) is 4. The van der Waals surface area contributed by atoms with Crippen LogP contribution < -0.4 is 11.1 Å². The molecule has 5 heteroatoms. The summed E-state index contributed by atoms with van der Waals surface area (Å²) >= 11 is 0. The maximum Gasteiger partial charge on any atom is 0.410 e. The molecule has 118 valence electrons. The second kappa shape index (κ2) is 7.84. The molecule has 5 nitrogen and oxygen atoms in total. The van der Waals surface area contributed by atoms with Gasteiger partial charge in [0.05, 0.1) is 0 Å². The van der Waals surface area contributed by atoms with Crippen molar-refractivity contribution in [3.8, 4) is 0 Å². The molecule has 2 atom stereocenters. The number of rotatable bonds is 6. The third-order valence-corrected chi connectivity index (χ3v) is 3.78. The van der Waals surface area contributed by atoms with E-state index in [0.29, 0.717) is 25.0 Å². The number of likely N-dealkylation sites (N-methyl/N-ethyl adjacent to an activating group) is 1. The number of hydrogen-bond donors (Lipinski definition) is 2. The molecule has 1 fully saturated rings. The van der Waals surface area contributed by atoms with Crippen LogP contribution in [0.15, 0.2) is 0 Å². The maximum absolute atomic E-state index is 12.0. The quantitative estimate of drug-likeness (QED) is 0.783. The zero-order valence-corrected chi connectivity index (χ0v) is 13.4. The van der Waals surface area contributed by atoms with E-state index >= 15 is 0 Å². The Bertz CT molecular complexity index is 302. The summed E-state index contributed by atoms with van der Waals surface area (Å²) in [6.07, 6.45) is 3.44. The van der Waals surface area contributed by atoms with Crippen molar-refractivity contribution in [2.24, 2.45) is 11.7 Å². The van der Waals surface area contributed by atoms with Crippen LogP contribution in [0.3, 0.4) is 0 Å². The number of ether oxygens (including phenoxy) is 1. The van der Waals surface area contributed by atoms with Gasteiger partial charge < -0.3 is 20.7 Å². The average molecular weight is 285 g/mol. The Morgan fingerprint density at radius 3 is 2.65 bits per heavy atom. The van der Waals surface area contributed by atoms with Gasteiger partial charge in [0.2, 0.25) is 0 Å². The molecule has 0 spiro atoms. The molecule has 0 radical (unpaired) electrons. The molecule has 1 rings (SSSR count). The highest BCUT2D eigenvalue weighted by Gasteiger charge is 2.26. The summed E-state index contributed by atoms with van der Waals surface area (Å²) in [6, 6.07) is 0.511. The highest BCUT2D eigenvalue weighted by atomic mass is 16.6. The molecule has 0 aromatic carbocycles. The molecule has 2 unspecified atom stereocenters. The largest absolute Gasteiger partial charge is 0.444 e. The molecule has 3 N–H and O–H groups in total. The molecule has 0 aromatic rings. The van der Waals surface area contributed by atoms with Crippen LogP contribution in [-0.4, -0.2) is 48.8 Å². The lowest BCUT2D eigenvalue weighted by Crippen LogP contribution is -2.43. The summed E-state index contributed by atoms with van der Waals surface area (Å²) in [5, 5.41) is 3.54. The fourth-order valence-electron chi connectivity index (χ4n) is 2.68. The Labute approximate surface area is 123 Å². The van der Waals surface area contributed by atoms with Gasteiger partial charge in [0.25, 0.3) is 0 Å². The first-order valence-electron chi connectivity index (χ1n) is 7.78. The number of carbonyl (C=O) groups excluding carboxylic acids is 1. The van der Waals surface area contributed by atoms with Crippen molar-refractivity contribution in [3.05, 3.63) is 0 Å². The van der Waals surface area contributed by atoms with E-state index in [9.17, 15) is 4.79 Å². The van der Waals surface area contributed by atoms with E-state index in [2.05, 4.69) is 5.32 Å². The standard InChI is InChI=1S/C15H31N3O2/c1-5-18(14(19)20-15(2,3)4)10-9-17-13-8-6-7-12(13)11-16/h12-13,17H,5-11,16H2,1-4H3. The third kappa shape index (κ3) is 5.67. The zero-order chi connectivity index (χ0) is 15.2. The van der Waals surface area contributed by atoms with Gasteiger partial charge in [0.1, 0.15) is 5.60 Å². The van der Waals surface area contributed by atoms with Crippen LogP contribution in [0.25, 0.3) is 0 Å². The molecule has 1 amide bonds.